The lowest BCUT2D eigenvalue weighted by molar-refractivity contribution is 0.0290. The average molecular weight is 221 g/mol. The number of rotatable bonds is 10. The van der Waals surface area contributed by atoms with E-state index in [-0.39, 0.29) is 6.10 Å². The number of hydrogen-bond acceptors (Lipinski definition) is 4. The minimum Gasteiger partial charge on any atom is -0.382 e. The molecule has 0 aliphatic carbocycles. The third-order valence-electron chi connectivity index (χ3n) is 2.01. The number of nitrogens with one attached hydrogen (secondary N) is 1. The van der Waals surface area contributed by atoms with Crippen LogP contribution in [-0.2, 0) is 9.47 Å². The van der Waals surface area contributed by atoms with E-state index in [1.165, 1.54) is 18.6 Å². The second-order valence-electron chi connectivity index (χ2n) is 3.22. The van der Waals surface area contributed by atoms with Gasteiger partial charge >= 0.3 is 0 Å². The molecule has 0 aromatic heterocycles. The summed E-state index contributed by atoms with van der Waals surface area (Å²) in [7, 11) is 3.42. The second-order valence-corrected chi connectivity index (χ2v) is 4.20. The van der Waals surface area contributed by atoms with Gasteiger partial charge in [0.25, 0.3) is 0 Å². The van der Waals surface area contributed by atoms with Gasteiger partial charge in [-0.25, -0.2) is 0 Å². The minimum atomic E-state index is 0.181. The van der Waals surface area contributed by atoms with Crippen molar-refractivity contribution in [3.8, 4) is 0 Å². The summed E-state index contributed by atoms with van der Waals surface area (Å²) in [5, 5.41) is 3.37. The Morgan fingerprint density at radius 2 is 2.07 bits per heavy atom. The fourth-order valence-electron chi connectivity index (χ4n) is 1.16. The van der Waals surface area contributed by atoms with Gasteiger partial charge < -0.3 is 14.8 Å². The Balaban J connectivity index is 3.15. The Kier molecular flexibility index (Phi) is 11.5. The number of hydrogen-bond donors (Lipinski definition) is 1. The maximum Gasteiger partial charge on any atom is 0.0928 e. The van der Waals surface area contributed by atoms with Gasteiger partial charge in [0.2, 0.25) is 0 Å². The fourth-order valence-corrected chi connectivity index (χ4v) is 1.65. The average Bonchev–Trinajstić information content (AvgIpc) is 2.21. The highest BCUT2D eigenvalue weighted by Gasteiger charge is 2.04. The van der Waals surface area contributed by atoms with Crippen LogP contribution in [-0.4, -0.2) is 52.0 Å². The zero-order valence-corrected chi connectivity index (χ0v) is 10.4. The molecule has 0 spiro atoms. The molecule has 1 unspecified atom stereocenters. The third-order valence-corrected chi connectivity index (χ3v) is 2.71. The zero-order chi connectivity index (χ0) is 10.6. The SMILES string of the molecule is COCC(CNCCCCSC)OC. The van der Waals surface area contributed by atoms with Gasteiger partial charge in [-0.15, -0.1) is 0 Å². The molecule has 0 aliphatic rings. The predicted molar refractivity (Wildman–Crippen MR) is 63.2 cm³/mol. The van der Waals surface area contributed by atoms with E-state index >= 15 is 0 Å². The van der Waals surface area contributed by atoms with E-state index in [0.717, 1.165) is 13.1 Å². The molecule has 0 bridgehead atoms. The first kappa shape index (κ1) is 14.2. The fraction of sp³-hybridized carbons (Fsp3) is 1.00. The van der Waals surface area contributed by atoms with Crippen molar-refractivity contribution in [1.29, 1.82) is 0 Å². The van der Waals surface area contributed by atoms with E-state index in [1.807, 2.05) is 11.8 Å². The lowest BCUT2D eigenvalue weighted by Crippen LogP contribution is -2.32. The molecule has 1 atom stereocenters. The Morgan fingerprint density at radius 1 is 1.29 bits per heavy atom. The number of ether oxygens (including phenoxy) is 2. The Labute approximate surface area is 91.9 Å². The largest absolute Gasteiger partial charge is 0.382 e. The molecule has 0 heterocycles. The Bertz CT molecular complexity index is 114. The summed E-state index contributed by atoms with van der Waals surface area (Å²) in [6, 6.07) is 0. The molecular weight excluding hydrogens is 198 g/mol. The third kappa shape index (κ3) is 8.81. The lowest BCUT2D eigenvalue weighted by atomic mass is 10.3. The summed E-state index contributed by atoms with van der Waals surface area (Å²) < 4.78 is 10.2. The summed E-state index contributed by atoms with van der Waals surface area (Å²) in [5.74, 6) is 1.26. The molecule has 0 amide bonds. The van der Waals surface area contributed by atoms with Crippen molar-refractivity contribution in [3.63, 3.8) is 0 Å². The van der Waals surface area contributed by atoms with Crippen LogP contribution in [0.2, 0.25) is 0 Å². The van der Waals surface area contributed by atoms with Gasteiger partial charge in [-0.3, -0.25) is 0 Å². The Hall–Kier alpha value is 0.230. The van der Waals surface area contributed by atoms with Crippen molar-refractivity contribution in [1.82, 2.24) is 5.32 Å². The summed E-state index contributed by atoms with van der Waals surface area (Å²) in [5.41, 5.74) is 0. The first-order chi connectivity index (χ1) is 6.85. The summed E-state index contributed by atoms with van der Waals surface area (Å²) in [6.07, 6.45) is 4.85. The van der Waals surface area contributed by atoms with Crippen LogP contribution in [0, 0.1) is 0 Å². The van der Waals surface area contributed by atoms with Crippen LogP contribution in [0.25, 0.3) is 0 Å². The molecule has 86 valence electrons. The molecule has 0 rings (SSSR count). The normalized spacial score (nSPS) is 13.1. The van der Waals surface area contributed by atoms with E-state index in [2.05, 4.69) is 11.6 Å². The van der Waals surface area contributed by atoms with Crippen LogP contribution in [0.3, 0.4) is 0 Å². The highest BCUT2D eigenvalue weighted by Crippen LogP contribution is 1.98. The van der Waals surface area contributed by atoms with Gasteiger partial charge in [0.1, 0.15) is 0 Å². The molecule has 0 aliphatic heterocycles. The highest BCUT2D eigenvalue weighted by molar-refractivity contribution is 7.98. The molecule has 0 aromatic rings. The van der Waals surface area contributed by atoms with Crippen molar-refractivity contribution >= 4 is 11.8 Å². The molecule has 0 radical (unpaired) electrons. The van der Waals surface area contributed by atoms with E-state index in [0.29, 0.717) is 6.61 Å². The summed E-state index contributed by atoms with van der Waals surface area (Å²) in [4.78, 5) is 0. The molecule has 0 saturated carbocycles. The van der Waals surface area contributed by atoms with Crippen LogP contribution in [0.15, 0.2) is 0 Å². The van der Waals surface area contributed by atoms with Crippen molar-refractivity contribution in [3.05, 3.63) is 0 Å². The first-order valence-electron chi connectivity index (χ1n) is 5.06. The number of thioether (sulfide) groups is 1. The topological polar surface area (TPSA) is 30.5 Å². The van der Waals surface area contributed by atoms with Crippen LogP contribution >= 0.6 is 11.8 Å². The van der Waals surface area contributed by atoms with E-state index in [9.17, 15) is 0 Å². The molecule has 3 nitrogen and oxygen atoms in total. The second kappa shape index (κ2) is 11.3. The van der Waals surface area contributed by atoms with Gasteiger partial charge in [0.05, 0.1) is 12.7 Å². The predicted octanol–water partition coefficient (Wildman–Crippen LogP) is 1.38. The number of unbranched alkanes of at least 4 members (excludes halogenated alkanes) is 1. The monoisotopic (exact) mass is 221 g/mol. The van der Waals surface area contributed by atoms with Gasteiger partial charge in [0, 0.05) is 20.8 Å². The van der Waals surface area contributed by atoms with Crippen molar-refractivity contribution in [2.45, 2.75) is 18.9 Å². The maximum atomic E-state index is 5.23. The van der Waals surface area contributed by atoms with Gasteiger partial charge in [-0.05, 0) is 31.4 Å². The van der Waals surface area contributed by atoms with Crippen LogP contribution in [0.1, 0.15) is 12.8 Å². The summed E-state index contributed by atoms with van der Waals surface area (Å²) in [6.45, 7) is 2.61. The van der Waals surface area contributed by atoms with Gasteiger partial charge in [0.15, 0.2) is 0 Å². The summed E-state index contributed by atoms with van der Waals surface area (Å²) >= 11 is 1.91. The molecular formula is C10H23NO2S. The van der Waals surface area contributed by atoms with Crippen LogP contribution in [0.5, 0.6) is 0 Å². The van der Waals surface area contributed by atoms with Crippen molar-refractivity contribution < 1.29 is 9.47 Å². The molecule has 14 heavy (non-hydrogen) atoms. The van der Waals surface area contributed by atoms with E-state index in [4.69, 9.17) is 9.47 Å². The molecule has 4 heteroatoms. The Morgan fingerprint density at radius 3 is 2.64 bits per heavy atom. The van der Waals surface area contributed by atoms with Gasteiger partial charge in [-0.2, -0.15) is 11.8 Å². The minimum absolute atomic E-state index is 0.181. The molecule has 0 aromatic carbocycles. The lowest BCUT2D eigenvalue weighted by Gasteiger charge is -2.14. The molecule has 0 fully saturated rings. The van der Waals surface area contributed by atoms with E-state index < -0.39 is 0 Å². The molecule has 0 saturated heterocycles. The van der Waals surface area contributed by atoms with Gasteiger partial charge in [-0.1, -0.05) is 0 Å². The van der Waals surface area contributed by atoms with Crippen LogP contribution in [0.4, 0.5) is 0 Å². The standard InChI is InChI=1S/C10H23NO2S/c1-12-9-10(13-2)8-11-6-4-5-7-14-3/h10-11H,4-9H2,1-3H3. The molecule has 1 N–H and O–H groups in total. The zero-order valence-electron chi connectivity index (χ0n) is 9.54. The smallest absolute Gasteiger partial charge is 0.0928 e. The maximum absolute atomic E-state index is 5.23. The highest BCUT2D eigenvalue weighted by atomic mass is 32.2. The first-order valence-corrected chi connectivity index (χ1v) is 6.46. The van der Waals surface area contributed by atoms with E-state index in [1.54, 1.807) is 14.2 Å². The quantitative estimate of drug-likeness (QED) is 0.565. The number of methoxy groups -OCH3 is 2. The van der Waals surface area contributed by atoms with Crippen molar-refractivity contribution in [2.24, 2.45) is 0 Å². The van der Waals surface area contributed by atoms with Crippen LogP contribution < -0.4 is 5.32 Å². The van der Waals surface area contributed by atoms with Crippen molar-refractivity contribution in [2.75, 3.05) is 45.9 Å².